The molecule has 1 atom stereocenters. The average Bonchev–Trinajstić information content (AvgIpc) is 3.38. The summed E-state index contributed by atoms with van der Waals surface area (Å²) in [6, 6.07) is 5.55. The minimum absolute atomic E-state index is 0.0587. The third-order valence-corrected chi connectivity index (χ3v) is 5.79. The van der Waals surface area contributed by atoms with Gasteiger partial charge in [0.25, 0.3) is 5.91 Å². The molecule has 27 heavy (non-hydrogen) atoms. The molecule has 0 bridgehead atoms. The summed E-state index contributed by atoms with van der Waals surface area (Å²) >= 11 is 1.54. The summed E-state index contributed by atoms with van der Waals surface area (Å²) in [6.45, 7) is 3.99. The molecular formula is C20H27N3O3S. The Morgan fingerprint density at radius 3 is 3.04 bits per heavy atom. The van der Waals surface area contributed by atoms with E-state index in [4.69, 9.17) is 4.52 Å². The van der Waals surface area contributed by atoms with Crippen LogP contribution in [0.1, 0.15) is 55.9 Å². The predicted octanol–water partition coefficient (Wildman–Crippen LogP) is 3.95. The van der Waals surface area contributed by atoms with Gasteiger partial charge in [0.2, 0.25) is 5.91 Å². The van der Waals surface area contributed by atoms with Crippen molar-refractivity contribution >= 4 is 23.2 Å². The zero-order valence-corrected chi connectivity index (χ0v) is 16.6. The number of rotatable bonds is 8. The number of nitrogens with zero attached hydrogens (tertiary/aromatic N) is 2. The van der Waals surface area contributed by atoms with E-state index >= 15 is 0 Å². The van der Waals surface area contributed by atoms with E-state index in [0.29, 0.717) is 24.5 Å². The predicted molar refractivity (Wildman–Crippen MR) is 106 cm³/mol. The van der Waals surface area contributed by atoms with Crippen LogP contribution in [0.15, 0.2) is 28.1 Å². The van der Waals surface area contributed by atoms with Gasteiger partial charge in [-0.2, -0.15) is 0 Å². The zero-order valence-electron chi connectivity index (χ0n) is 15.8. The second kappa shape index (κ2) is 9.69. The highest BCUT2D eigenvalue weighted by Crippen LogP contribution is 2.26. The fourth-order valence-corrected chi connectivity index (χ4v) is 4.03. The Morgan fingerprint density at radius 2 is 2.26 bits per heavy atom. The van der Waals surface area contributed by atoms with Crippen molar-refractivity contribution in [2.24, 2.45) is 5.92 Å². The molecule has 0 aliphatic carbocycles. The maximum Gasteiger partial charge on any atom is 0.276 e. The Balaban J connectivity index is 1.53. The molecule has 0 saturated carbocycles. The van der Waals surface area contributed by atoms with Crippen LogP contribution in [0.4, 0.5) is 0 Å². The van der Waals surface area contributed by atoms with Crippen molar-refractivity contribution in [3.8, 4) is 10.6 Å². The summed E-state index contributed by atoms with van der Waals surface area (Å²) in [5.74, 6) is 0.356. The Bertz CT molecular complexity index is 742. The number of piperidine rings is 1. The molecule has 0 radical (unpaired) electrons. The third kappa shape index (κ3) is 5.19. The summed E-state index contributed by atoms with van der Waals surface area (Å²) in [5, 5.41) is 8.91. The average molecular weight is 390 g/mol. The number of unbranched alkanes of at least 4 members (excludes halogenated alkanes) is 3. The number of hydrogen-bond acceptors (Lipinski definition) is 5. The number of likely N-dealkylation sites (tertiary alicyclic amines) is 1. The van der Waals surface area contributed by atoms with E-state index in [1.807, 2.05) is 17.5 Å². The molecule has 0 spiro atoms. The minimum Gasteiger partial charge on any atom is -0.356 e. The van der Waals surface area contributed by atoms with Gasteiger partial charge in [-0.25, -0.2) is 0 Å². The molecule has 146 valence electrons. The van der Waals surface area contributed by atoms with E-state index < -0.39 is 0 Å². The van der Waals surface area contributed by atoms with Crippen molar-refractivity contribution in [2.75, 3.05) is 19.6 Å². The van der Waals surface area contributed by atoms with Crippen LogP contribution >= 0.6 is 11.3 Å². The van der Waals surface area contributed by atoms with E-state index in [2.05, 4.69) is 17.4 Å². The SMILES string of the molecule is CCCCCCNC(=O)C1CCCN(C(=O)c2cc(-c3cccs3)on2)C1. The smallest absolute Gasteiger partial charge is 0.276 e. The van der Waals surface area contributed by atoms with Gasteiger partial charge in [-0.15, -0.1) is 11.3 Å². The number of nitrogens with one attached hydrogen (secondary N) is 1. The molecule has 0 aromatic carbocycles. The molecule has 3 rings (SSSR count). The van der Waals surface area contributed by atoms with E-state index in [1.165, 1.54) is 12.8 Å². The Morgan fingerprint density at radius 1 is 1.37 bits per heavy atom. The second-order valence-electron chi connectivity index (χ2n) is 7.00. The molecule has 7 heteroatoms. The molecule has 2 aromatic rings. The maximum absolute atomic E-state index is 12.8. The van der Waals surface area contributed by atoms with Gasteiger partial charge in [0, 0.05) is 25.7 Å². The van der Waals surface area contributed by atoms with Crippen LogP contribution in [0.3, 0.4) is 0 Å². The number of thiophene rings is 1. The lowest BCUT2D eigenvalue weighted by molar-refractivity contribution is -0.126. The quantitative estimate of drug-likeness (QED) is 0.694. The first-order chi connectivity index (χ1) is 13.2. The molecule has 2 aromatic heterocycles. The lowest BCUT2D eigenvalue weighted by Gasteiger charge is -2.31. The van der Waals surface area contributed by atoms with Crippen LogP contribution in [0, 0.1) is 5.92 Å². The summed E-state index contributed by atoms with van der Waals surface area (Å²) < 4.78 is 5.31. The van der Waals surface area contributed by atoms with Crippen molar-refractivity contribution < 1.29 is 14.1 Å². The largest absolute Gasteiger partial charge is 0.356 e. The molecule has 3 heterocycles. The Kier molecular flexibility index (Phi) is 7.04. The van der Waals surface area contributed by atoms with Crippen LogP contribution in [-0.2, 0) is 4.79 Å². The molecule has 1 aliphatic heterocycles. The van der Waals surface area contributed by atoms with Gasteiger partial charge in [-0.3, -0.25) is 9.59 Å². The topological polar surface area (TPSA) is 75.4 Å². The van der Waals surface area contributed by atoms with Crippen molar-refractivity contribution in [3.05, 3.63) is 29.3 Å². The number of carbonyl (C=O) groups is 2. The Hall–Kier alpha value is -2.15. The molecule has 1 aliphatic rings. The van der Waals surface area contributed by atoms with E-state index in [1.54, 1.807) is 22.3 Å². The fraction of sp³-hybridized carbons (Fsp3) is 0.550. The summed E-state index contributed by atoms with van der Waals surface area (Å²) in [5.41, 5.74) is 0.305. The van der Waals surface area contributed by atoms with Crippen molar-refractivity contribution in [1.29, 1.82) is 0 Å². The van der Waals surface area contributed by atoms with E-state index in [9.17, 15) is 9.59 Å². The zero-order chi connectivity index (χ0) is 19.1. The highest BCUT2D eigenvalue weighted by molar-refractivity contribution is 7.13. The normalized spacial score (nSPS) is 17.1. The first-order valence-corrected chi connectivity index (χ1v) is 10.6. The van der Waals surface area contributed by atoms with Gasteiger partial charge < -0.3 is 14.7 Å². The van der Waals surface area contributed by atoms with Crippen LogP contribution in [0.25, 0.3) is 10.6 Å². The molecular weight excluding hydrogens is 362 g/mol. The molecule has 2 amide bonds. The van der Waals surface area contributed by atoms with E-state index in [0.717, 1.165) is 37.1 Å². The van der Waals surface area contributed by atoms with Crippen LogP contribution in [-0.4, -0.2) is 41.5 Å². The van der Waals surface area contributed by atoms with Crippen molar-refractivity contribution in [2.45, 2.75) is 45.4 Å². The van der Waals surface area contributed by atoms with Gasteiger partial charge in [0.1, 0.15) is 0 Å². The first kappa shape index (κ1) is 19.6. The van der Waals surface area contributed by atoms with Gasteiger partial charge in [0.05, 0.1) is 10.8 Å². The maximum atomic E-state index is 12.8. The number of hydrogen-bond donors (Lipinski definition) is 1. The van der Waals surface area contributed by atoms with Gasteiger partial charge in [-0.1, -0.05) is 37.4 Å². The number of carbonyl (C=O) groups excluding carboxylic acids is 2. The molecule has 6 nitrogen and oxygen atoms in total. The first-order valence-electron chi connectivity index (χ1n) is 9.76. The van der Waals surface area contributed by atoms with E-state index in [-0.39, 0.29) is 17.7 Å². The highest BCUT2D eigenvalue weighted by Gasteiger charge is 2.30. The molecule has 1 unspecified atom stereocenters. The van der Waals surface area contributed by atoms with Crippen molar-refractivity contribution in [3.63, 3.8) is 0 Å². The molecule has 1 N–H and O–H groups in total. The monoisotopic (exact) mass is 389 g/mol. The van der Waals surface area contributed by atoms with Gasteiger partial charge >= 0.3 is 0 Å². The summed E-state index contributed by atoms with van der Waals surface area (Å²) in [6.07, 6.45) is 6.19. The molecule has 1 saturated heterocycles. The van der Waals surface area contributed by atoms with Gasteiger partial charge in [-0.05, 0) is 30.7 Å². The highest BCUT2D eigenvalue weighted by atomic mass is 32.1. The Labute approximate surface area is 163 Å². The lowest BCUT2D eigenvalue weighted by atomic mass is 9.96. The second-order valence-corrected chi connectivity index (χ2v) is 7.94. The van der Waals surface area contributed by atoms with Gasteiger partial charge in [0.15, 0.2) is 11.5 Å². The van der Waals surface area contributed by atoms with Crippen molar-refractivity contribution in [1.82, 2.24) is 15.4 Å². The fourth-order valence-electron chi connectivity index (χ4n) is 3.36. The van der Waals surface area contributed by atoms with Crippen LogP contribution in [0.5, 0.6) is 0 Å². The number of aromatic nitrogens is 1. The third-order valence-electron chi connectivity index (χ3n) is 4.90. The molecule has 1 fully saturated rings. The number of amides is 2. The minimum atomic E-state index is -0.165. The van der Waals surface area contributed by atoms with Crippen LogP contribution in [0.2, 0.25) is 0 Å². The summed E-state index contributed by atoms with van der Waals surface area (Å²) in [7, 11) is 0. The van der Waals surface area contributed by atoms with Crippen LogP contribution < -0.4 is 5.32 Å². The standard InChI is InChI=1S/C20H27N3O3S/c1-2-3-4-5-10-21-19(24)15-8-6-11-23(14-15)20(25)16-13-17(26-22-16)18-9-7-12-27-18/h7,9,12-13,15H,2-6,8,10-11,14H2,1H3,(H,21,24). The summed E-state index contributed by atoms with van der Waals surface area (Å²) in [4.78, 5) is 27.8. The lowest BCUT2D eigenvalue weighted by Crippen LogP contribution is -2.45.